The minimum absolute atomic E-state index is 0.296. The molecule has 0 bridgehead atoms. The van der Waals surface area contributed by atoms with E-state index < -0.39 is 17.5 Å². The van der Waals surface area contributed by atoms with Crippen molar-refractivity contribution >= 4 is 17.4 Å². The van der Waals surface area contributed by atoms with Crippen LogP contribution in [0.4, 0.5) is 10.1 Å². The van der Waals surface area contributed by atoms with Crippen LogP contribution in [-0.2, 0) is 4.79 Å². The molecule has 1 N–H and O–H groups in total. The molecule has 0 atom stereocenters. The number of carbonyl (C=O) groups is 2. The van der Waals surface area contributed by atoms with Gasteiger partial charge in [-0.25, -0.2) is 4.39 Å². The first-order chi connectivity index (χ1) is 8.65. The maximum atomic E-state index is 13.2. The highest BCUT2D eigenvalue weighted by atomic mass is 19.1. The second kappa shape index (κ2) is 5.27. The van der Waals surface area contributed by atoms with Gasteiger partial charge in [-0.05, 0) is 37.7 Å². The molecule has 1 aromatic carbocycles. The average molecular weight is 250 g/mol. The van der Waals surface area contributed by atoms with Gasteiger partial charge in [0.25, 0.3) is 11.7 Å². The van der Waals surface area contributed by atoms with Gasteiger partial charge in [-0.2, -0.15) is 0 Å². The lowest BCUT2D eigenvalue weighted by molar-refractivity contribution is -0.114. The molecule has 0 saturated heterocycles. The number of amides is 1. The highest BCUT2D eigenvalue weighted by Crippen LogP contribution is 2.29. The Bertz CT molecular complexity index is 488. The number of Topliss-reactive ketones (excluding diaryl/α,β-unsaturated/α-hetero) is 1. The lowest BCUT2D eigenvalue weighted by Crippen LogP contribution is -2.32. The zero-order valence-electron chi connectivity index (χ0n) is 10.2. The van der Waals surface area contributed by atoms with Crippen LogP contribution >= 0.6 is 0 Å². The molecule has 4 nitrogen and oxygen atoms in total. The average Bonchev–Trinajstić information content (AvgIpc) is 2.59. The molecule has 1 aliphatic heterocycles. The zero-order chi connectivity index (χ0) is 13.1. The molecule has 0 fully saturated rings. The van der Waals surface area contributed by atoms with Gasteiger partial charge in [0.2, 0.25) is 0 Å². The number of hydrogen-bond acceptors (Lipinski definition) is 3. The number of anilines is 1. The van der Waals surface area contributed by atoms with Crippen LogP contribution in [0.5, 0.6) is 0 Å². The van der Waals surface area contributed by atoms with Crippen LogP contribution in [0.3, 0.4) is 0 Å². The Labute approximate surface area is 105 Å². The number of fused-ring (bicyclic) bond motifs is 1. The van der Waals surface area contributed by atoms with Crippen molar-refractivity contribution in [1.82, 2.24) is 5.32 Å². The summed E-state index contributed by atoms with van der Waals surface area (Å²) in [6.07, 6.45) is 0.725. The monoisotopic (exact) mass is 250 g/mol. The van der Waals surface area contributed by atoms with Crippen LogP contribution < -0.4 is 10.2 Å². The van der Waals surface area contributed by atoms with Gasteiger partial charge in [0.1, 0.15) is 5.82 Å². The van der Waals surface area contributed by atoms with E-state index in [4.69, 9.17) is 0 Å². The minimum atomic E-state index is -0.563. The zero-order valence-corrected chi connectivity index (χ0v) is 10.2. The van der Waals surface area contributed by atoms with Crippen molar-refractivity contribution in [3.63, 3.8) is 0 Å². The van der Waals surface area contributed by atoms with Gasteiger partial charge < -0.3 is 10.2 Å². The highest BCUT2D eigenvalue weighted by Gasteiger charge is 2.35. The summed E-state index contributed by atoms with van der Waals surface area (Å²) in [6.45, 7) is 4.04. The summed E-state index contributed by atoms with van der Waals surface area (Å²) >= 11 is 0. The van der Waals surface area contributed by atoms with E-state index in [9.17, 15) is 14.0 Å². The van der Waals surface area contributed by atoms with Crippen LogP contribution in [0.15, 0.2) is 18.2 Å². The van der Waals surface area contributed by atoms with E-state index in [2.05, 4.69) is 5.32 Å². The van der Waals surface area contributed by atoms with E-state index in [1.54, 1.807) is 0 Å². The third-order valence-corrected chi connectivity index (χ3v) is 2.92. The van der Waals surface area contributed by atoms with E-state index >= 15 is 0 Å². The van der Waals surface area contributed by atoms with Crippen LogP contribution in [0.2, 0.25) is 0 Å². The Morgan fingerprint density at radius 1 is 1.33 bits per heavy atom. The maximum absolute atomic E-state index is 13.2. The topological polar surface area (TPSA) is 49.4 Å². The van der Waals surface area contributed by atoms with Crippen LogP contribution in [0.25, 0.3) is 0 Å². The fraction of sp³-hybridized carbons (Fsp3) is 0.385. The molecule has 0 radical (unpaired) electrons. The van der Waals surface area contributed by atoms with Crippen LogP contribution in [0, 0.1) is 5.82 Å². The normalized spacial score (nSPS) is 14.2. The molecule has 0 saturated carbocycles. The summed E-state index contributed by atoms with van der Waals surface area (Å²) in [6, 6.07) is 3.81. The molecule has 1 amide bonds. The van der Waals surface area contributed by atoms with Crippen LogP contribution in [-0.4, -0.2) is 31.3 Å². The molecule has 1 aromatic rings. The van der Waals surface area contributed by atoms with E-state index in [1.807, 2.05) is 6.92 Å². The van der Waals surface area contributed by atoms with Gasteiger partial charge in [-0.15, -0.1) is 0 Å². The third-order valence-electron chi connectivity index (χ3n) is 2.92. The quantitative estimate of drug-likeness (QED) is 0.634. The Hall–Kier alpha value is -1.75. The molecule has 18 heavy (non-hydrogen) atoms. The minimum Gasteiger partial charge on any atom is -0.317 e. The molecule has 1 aliphatic rings. The van der Waals surface area contributed by atoms with Gasteiger partial charge in [-0.3, -0.25) is 9.59 Å². The molecule has 96 valence electrons. The molecule has 0 unspecified atom stereocenters. The number of carbonyl (C=O) groups excluding carboxylic acids is 2. The first-order valence-corrected chi connectivity index (χ1v) is 6.01. The number of rotatable bonds is 5. The van der Waals surface area contributed by atoms with Gasteiger partial charge in [0.15, 0.2) is 0 Å². The predicted octanol–water partition coefficient (Wildman–Crippen LogP) is 1.35. The SMILES string of the molecule is CCNCCCN1C(=O)C(=O)c2ccc(F)cc21. The fourth-order valence-corrected chi connectivity index (χ4v) is 2.03. The molecular formula is C13H15FN2O2. The number of halogens is 1. The van der Waals surface area contributed by atoms with Crippen LogP contribution in [0.1, 0.15) is 23.7 Å². The summed E-state index contributed by atoms with van der Waals surface area (Å²) in [5, 5.41) is 3.14. The van der Waals surface area contributed by atoms with Crippen molar-refractivity contribution in [2.24, 2.45) is 0 Å². The van der Waals surface area contributed by atoms with E-state index in [1.165, 1.54) is 23.1 Å². The first-order valence-electron chi connectivity index (χ1n) is 6.01. The third kappa shape index (κ3) is 2.26. The van der Waals surface area contributed by atoms with Gasteiger partial charge in [-0.1, -0.05) is 6.92 Å². The Balaban J connectivity index is 2.14. The molecule has 2 rings (SSSR count). The molecule has 5 heteroatoms. The standard InChI is InChI=1S/C13H15FN2O2/c1-2-15-6-3-7-16-11-8-9(14)4-5-10(11)12(17)13(16)18/h4-5,8,15H,2-3,6-7H2,1H3. The molecular weight excluding hydrogens is 235 g/mol. The highest BCUT2D eigenvalue weighted by molar-refractivity contribution is 6.52. The number of nitrogens with one attached hydrogen (secondary N) is 1. The van der Waals surface area contributed by atoms with Crippen molar-refractivity contribution in [2.45, 2.75) is 13.3 Å². The summed E-state index contributed by atoms with van der Waals surface area (Å²) in [5.41, 5.74) is 0.686. The maximum Gasteiger partial charge on any atom is 0.299 e. The number of nitrogens with zero attached hydrogens (tertiary/aromatic N) is 1. The summed E-state index contributed by atoms with van der Waals surface area (Å²) < 4.78 is 13.2. The largest absolute Gasteiger partial charge is 0.317 e. The summed E-state index contributed by atoms with van der Waals surface area (Å²) in [7, 11) is 0. The van der Waals surface area contributed by atoms with Gasteiger partial charge in [0, 0.05) is 6.54 Å². The van der Waals surface area contributed by atoms with Crippen molar-refractivity contribution in [3.05, 3.63) is 29.6 Å². The Morgan fingerprint density at radius 2 is 2.11 bits per heavy atom. The van der Waals surface area contributed by atoms with Crippen molar-refractivity contribution < 1.29 is 14.0 Å². The smallest absolute Gasteiger partial charge is 0.299 e. The molecule has 1 heterocycles. The van der Waals surface area contributed by atoms with Gasteiger partial charge in [0.05, 0.1) is 11.3 Å². The van der Waals surface area contributed by atoms with Crippen molar-refractivity contribution in [3.8, 4) is 0 Å². The lowest BCUT2D eigenvalue weighted by atomic mass is 10.1. The van der Waals surface area contributed by atoms with E-state index in [-0.39, 0.29) is 0 Å². The Morgan fingerprint density at radius 3 is 2.83 bits per heavy atom. The summed E-state index contributed by atoms with van der Waals surface area (Å²) in [5.74, 6) is -1.55. The van der Waals surface area contributed by atoms with Gasteiger partial charge >= 0.3 is 0 Å². The Kier molecular flexibility index (Phi) is 3.72. The lowest BCUT2D eigenvalue weighted by Gasteiger charge is -2.16. The molecule has 0 spiro atoms. The second-order valence-electron chi connectivity index (χ2n) is 4.15. The van der Waals surface area contributed by atoms with Crippen molar-refractivity contribution in [1.29, 1.82) is 0 Å². The van der Waals surface area contributed by atoms with Crippen molar-refractivity contribution in [2.75, 3.05) is 24.5 Å². The number of hydrogen-bond donors (Lipinski definition) is 1. The van der Waals surface area contributed by atoms with E-state index in [0.717, 1.165) is 19.5 Å². The molecule has 0 aliphatic carbocycles. The van der Waals surface area contributed by atoms with E-state index in [0.29, 0.717) is 17.8 Å². The number of benzene rings is 1. The second-order valence-corrected chi connectivity index (χ2v) is 4.15. The fourth-order valence-electron chi connectivity index (χ4n) is 2.03. The molecule has 0 aromatic heterocycles. The first kappa shape index (κ1) is 12.7. The predicted molar refractivity (Wildman–Crippen MR) is 66.2 cm³/mol. The number of ketones is 1. The summed E-state index contributed by atoms with van der Waals surface area (Å²) in [4.78, 5) is 24.8.